The Hall–Kier alpha value is -1.06. The van der Waals surface area contributed by atoms with Crippen molar-refractivity contribution in [3.8, 4) is 0 Å². The van der Waals surface area contributed by atoms with Gasteiger partial charge in [-0.2, -0.15) is 0 Å². The molecule has 0 aromatic carbocycles. The normalized spacial score (nSPS) is 46.9. The minimum atomic E-state index is -0.128. The number of carbonyl (C=O) groups is 2. The lowest BCUT2D eigenvalue weighted by atomic mass is 9.49. The van der Waals surface area contributed by atoms with E-state index in [1.165, 1.54) is 0 Å². The number of rotatable bonds is 2. The number of primary amides is 1. The number of carbonyl (C=O) groups excluding carboxylic acids is 2. The highest BCUT2D eigenvalue weighted by molar-refractivity contribution is 5.78. The molecule has 0 saturated heterocycles. The zero-order valence-corrected chi connectivity index (χ0v) is 10.2. The Morgan fingerprint density at radius 1 is 1.18 bits per heavy atom. The molecule has 4 nitrogen and oxygen atoms in total. The summed E-state index contributed by atoms with van der Waals surface area (Å²) in [6.07, 6.45) is 5.27. The second-order valence-electron chi connectivity index (χ2n) is 6.36. The van der Waals surface area contributed by atoms with Crippen molar-refractivity contribution in [3.05, 3.63) is 0 Å². The van der Waals surface area contributed by atoms with Crippen molar-refractivity contribution >= 4 is 11.8 Å². The molecule has 0 aromatic rings. The highest BCUT2D eigenvalue weighted by Crippen LogP contribution is 2.58. The maximum atomic E-state index is 11.6. The fourth-order valence-electron chi connectivity index (χ4n) is 5.02. The smallest absolute Gasteiger partial charge is 0.221 e. The van der Waals surface area contributed by atoms with E-state index in [0.717, 1.165) is 32.1 Å². The van der Waals surface area contributed by atoms with Crippen molar-refractivity contribution in [1.29, 1.82) is 0 Å². The number of hydrogen-bond acceptors (Lipinski definition) is 2. The van der Waals surface area contributed by atoms with Crippen molar-refractivity contribution in [2.24, 2.45) is 29.4 Å². The summed E-state index contributed by atoms with van der Waals surface area (Å²) in [5.41, 5.74) is 5.52. The minimum absolute atomic E-state index is 0.0196. The van der Waals surface area contributed by atoms with Crippen molar-refractivity contribution in [1.82, 2.24) is 5.32 Å². The Labute approximate surface area is 101 Å². The third-order valence-corrected chi connectivity index (χ3v) is 5.04. The SMILES string of the molecule is CC(=O)NC12CC3CC(C1)C(C(N)=O)C(C3)C2. The largest absolute Gasteiger partial charge is 0.369 e. The van der Waals surface area contributed by atoms with Crippen LogP contribution in [0.15, 0.2) is 0 Å². The summed E-state index contributed by atoms with van der Waals surface area (Å²) >= 11 is 0. The molecule has 4 bridgehead atoms. The van der Waals surface area contributed by atoms with Crippen LogP contribution < -0.4 is 11.1 Å². The molecule has 0 aliphatic heterocycles. The van der Waals surface area contributed by atoms with Crippen molar-refractivity contribution in [2.75, 3.05) is 0 Å². The predicted octanol–water partition coefficient (Wildman–Crippen LogP) is 0.803. The lowest BCUT2D eigenvalue weighted by molar-refractivity contribution is -0.140. The molecule has 2 atom stereocenters. The molecule has 2 unspecified atom stereocenters. The molecule has 0 radical (unpaired) electrons. The molecule has 0 heterocycles. The molecule has 4 saturated carbocycles. The maximum Gasteiger partial charge on any atom is 0.221 e. The molecule has 0 aromatic heterocycles. The maximum absolute atomic E-state index is 11.6. The van der Waals surface area contributed by atoms with Crippen molar-refractivity contribution < 1.29 is 9.59 Å². The molecule has 4 aliphatic carbocycles. The van der Waals surface area contributed by atoms with Crippen LogP contribution in [0.3, 0.4) is 0 Å². The Balaban J connectivity index is 1.86. The molecule has 4 aliphatic rings. The van der Waals surface area contributed by atoms with E-state index in [2.05, 4.69) is 5.32 Å². The fourth-order valence-corrected chi connectivity index (χ4v) is 5.02. The first-order valence-electron chi connectivity index (χ1n) is 6.57. The van der Waals surface area contributed by atoms with E-state index in [1.807, 2.05) is 0 Å². The Kier molecular flexibility index (Phi) is 2.25. The van der Waals surface area contributed by atoms with Crippen LogP contribution in [0.1, 0.15) is 39.0 Å². The van der Waals surface area contributed by atoms with Gasteiger partial charge in [0.05, 0.1) is 0 Å². The van der Waals surface area contributed by atoms with Crippen LogP contribution in [0.4, 0.5) is 0 Å². The second kappa shape index (κ2) is 3.47. The van der Waals surface area contributed by atoms with Gasteiger partial charge < -0.3 is 11.1 Å². The summed E-state index contributed by atoms with van der Waals surface area (Å²) in [6.45, 7) is 1.59. The van der Waals surface area contributed by atoms with E-state index in [0.29, 0.717) is 17.8 Å². The second-order valence-corrected chi connectivity index (χ2v) is 6.36. The molecule has 4 rings (SSSR count). The van der Waals surface area contributed by atoms with Gasteiger partial charge in [0.2, 0.25) is 11.8 Å². The van der Waals surface area contributed by atoms with Gasteiger partial charge in [-0.1, -0.05) is 0 Å². The molecular formula is C13H20N2O2. The Morgan fingerprint density at radius 2 is 1.76 bits per heavy atom. The van der Waals surface area contributed by atoms with E-state index in [1.54, 1.807) is 6.92 Å². The van der Waals surface area contributed by atoms with Gasteiger partial charge in [0, 0.05) is 18.4 Å². The topological polar surface area (TPSA) is 72.2 Å². The third kappa shape index (κ3) is 1.65. The van der Waals surface area contributed by atoms with Gasteiger partial charge in [-0.15, -0.1) is 0 Å². The monoisotopic (exact) mass is 236 g/mol. The van der Waals surface area contributed by atoms with E-state index < -0.39 is 0 Å². The molecular weight excluding hydrogens is 216 g/mol. The first-order valence-corrected chi connectivity index (χ1v) is 6.57. The highest BCUT2D eigenvalue weighted by atomic mass is 16.2. The highest BCUT2D eigenvalue weighted by Gasteiger charge is 2.57. The number of nitrogens with one attached hydrogen (secondary N) is 1. The summed E-state index contributed by atoms with van der Waals surface area (Å²) < 4.78 is 0. The molecule has 0 spiro atoms. The summed E-state index contributed by atoms with van der Waals surface area (Å²) in [4.78, 5) is 22.9. The summed E-state index contributed by atoms with van der Waals surface area (Å²) in [7, 11) is 0. The van der Waals surface area contributed by atoms with Crippen molar-refractivity contribution in [2.45, 2.75) is 44.6 Å². The molecule has 4 heteroatoms. The lowest BCUT2D eigenvalue weighted by Gasteiger charge is -2.59. The number of amides is 2. The zero-order valence-electron chi connectivity index (χ0n) is 10.2. The lowest BCUT2D eigenvalue weighted by Crippen LogP contribution is -2.63. The third-order valence-electron chi connectivity index (χ3n) is 5.04. The van der Waals surface area contributed by atoms with E-state index in [-0.39, 0.29) is 23.3 Å². The van der Waals surface area contributed by atoms with Gasteiger partial charge in [-0.3, -0.25) is 9.59 Å². The number of nitrogens with two attached hydrogens (primary N) is 1. The van der Waals surface area contributed by atoms with Gasteiger partial charge in [-0.25, -0.2) is 0 Å². The molecule has 2 amide bonds. The summed E-state index contributed by atoms with van der Waals surface area (Å²) in [5, 5.41) is 3.16. The zero-order chi connectivity index (χ0) is 12.2. The van der Waals surface area contributed by atoms with E-state index in [4.69, 9.17) is 5.73 Å². The Morgan fingerprint density at radius 3 is 2.24 bits per heavy atom. The van der Waals surface area contributed by atoms with E-state index >= 15 is 0 Å². The quantitative estimate of drug-likeness (QED) is 0.744. The Bertz CT molecular complexity index is 364. The number of hydrogen-bond donors (Lipinski definition) is 2. The van der Waals surface area contributed by atoms with Crippen LogP contribution >= 0.6 is 0 Å². The van der Waals surface area contributed by atoms with Crippen LogP contribution in [0.5, 0.6) is 0 Å². The predicted molar refractivity (Wildman–Crippen MR) is 62.8 cm³/mol. The standard InChI is InChI=1S/C13H20N2O2/c1-7(16)15-13-4-8-2-9(5-13)11(12(14)17)10(3-8)6-13/h8-11H,2-6H2,1H3,(H2,14,17)(H,15,16). The summed E-state index contributed by atoms with van der Waals surface area (Å²) in [6, 6.07) is 0. The molecule has 4 fully saturated rings. The van der Waals surface area contributed by atoms with E-state index in [9.17, 15) is 9.59 Å². The van der Waals surface area contributed by atoms with Gasteiger partial charge in [-0.05, 0) is 49.9 Å². The van der Waals surface area contributed by atoms with Gasteiger partial charge >= 0.3 is 0 Å². The molecule has 3 N–H and O–H groups in total. The van der Waals surface area contributed by atoms with Gasteiger partial charge in [0.15, 0.2) is 0 Å². The van der Waals surface area contributed by atoms with Crippen LogP contribution in [0, 0.1) is 23.7 Å². The van der Waals surface area contributed by atoms with Gasteiger partial charge in [0.25, 0.3) is 0 Å². The van der Waals surface area contributed by atoms with Crippen LogP contribution in [0.25, 0.3) is 0 Å². The molecule has 17 heavy (non-hydrogen) atoms. The molecule has 94 valence electrons. The van der Waals surface area contributed by atoms with Gasteiger partial charge in [0.1, 0.15) is 0 Å². The minimum Gasteiger partial charge on any atom is -0.369 e. The summed E-state index contributed by atoms with van der Waals surface area (Å²) in [5.74, 6) is 1.50. The van der Waals surface area contributed by atoms with Crippen LogP contribution in [-0.4, -0.2) is 17.4 Å². The first-order chi connectivity index (χ1) is 7.99. The average molecular weight is 236 g/mol. The van der Waals surface area contributed by atoms with Crippen LogP contribution in [0.2, 0.25) is 0 Å². The first kappa shape index (κ1) is 11.1. The van der Waals surface area contributed by atoms with Crippen LogP contribution in [-0.2, 0) is 9.59 Å². The van der Waals surface area contributed by atoms with Crippen molar-refractivity contribution in [3.63, 3.8) is 0 Å². The fraction of sp³-hybridized carbons (Fsp3) is 0.846. The average Bonchev–Trinajstić information content (AvgIpc) is 2.11.